The van der Waals surface area contributed by atoms with Gasteiger partial charge in [0.1, 0.15) is 24.1 Å². The molecule has 1 fully saturated rings. The summed E-state index contributed by atoms with van der Waals surface area (Å²) in [4.78, 5) is 28.5. The van der Waals surface area contributed by atoms with Crippen molar-refractivity contribution in [1.82, 2.24) is 10.2 Å². The fourth-order valence-electron chi connectivity index (χ4n) is 5.72. The number of nitrogens with one attached hydrogen (secondary N) is 1. The Balaban J connectivity index is 1.61. The molecule has 5 rings (SSSR count). The highest BCUT2D eigenvalue weighted by Crippen LogP contribution is 2.51. The van der Waals surface area contributed by atoms with Crippen LogP contribution in [-0.2, 0) is 27.5 Å². The largest absolute Gasteiger partial charge is 0.493 e. The fraction of sp³-hybridized carbons (Fsp3) is 0.448. The number of hydrogen-bond acceptors (Lipinski definition) is 8. The number of fused-ring (bicyclic) bond motifs is 3. The van der Waals surface area contributed by atoms with Crippen molar-refractivity contribution in [3.63, 3.8) is 0 Å². The maximum atomic E-state index is 14.8. The van der Waals surface area contributed by atoms with E-state index < -0.39 is 47.9 Å². The zero-order chi connectivity index (χ0) is 28.4. The lowest BCUT2D eigenvalue weighted by molar-refractivity contribution is -0.147. The summed E-state index contributed by atoms with van der Waals surface area (Å²) in [7, 11) is 1.45. The number of benzene rings is 2. The molecule has 0 aromatic heterocycles. The third-order valence-electron chi connectivity index (χ3n) is 7.64. The molecule has 1 aliphatic carbocycles. The summed E-state index contributed by atoms with van der Waals surface area (Å²) in [5.74, 6) is -1.55. The number of ether oxygens (including phenoxy) is 3. The molecular weight excluding hydrogens is 523 g/mol. The predicted octanol–water partition coefficient (Wildman–Crippen LogP) is 1.16. The van der Waals surface area contributed by atoms with Crippen LogP contribution in [0.5, 0.6) is 11.5 Å². The summed E-state index contributed by atoms with van der Waals surface area (Å²) in [5.41, 5.74) is 1.53. The lowest BCUT2D eigenvalue weighted by Crippen LogP contribution is -2.57. The molecule has 1 unspecified atom stereocenters. The van der Waals surface area contributed by atoms with Crippen LogP contribution in [0.4, 0.5) is 4.39 Å². The average Bonchev–Trinajstić information content (AvgIpc) is 3.64. The lowest BCUT2D eigenvalue weighted by Gasteiger charge is -2.41. The van der Waals surface area contributed by atoms with Crippen LogP contribution in [0.25, 0.3) is 0 Å². The Hall–Kier alpha value is -3.51. The van der Waals surface area contributed by atoms with Gasteiger partial charge in [-0.05, 0) is 42.7 Å². The van der Waals surface area contributed by atoms with Crippen molar-refractivity contribution in [3.8, 4) is 11.5 Å². The van der Waals surface area contributed by atoms with Gasteiger partial charge in [-0.3, -0.25) is 9.59 Å². The number of nitrogens with zero attached hydrogens (tertiary/aromatic N) is 1. The van der Waals surface area contributed by atoms with E-state index in [1.807, 2.05) is 0 Å². The van der Waals surface area contributed by atoms with Gasteiger partial charge >= 0.3 is 0 Å². The van der Waals surface area contributed by atoms with Crippen molar-refractivity contribution in [2.24, 2.45) is 0 Å². The molecular formula is C29H33FN2O8. The van der Waals surface area contributed by atoms with E-state index in [1.165, 1.54) is 24.2 Å². The molecule has 2 amide bonds. The van der Waals surface area contributed by atoms with E-state index in [4.69, 9.17) is 14.2 Å². The van der Waals surface area contributed by atoms with E-state index in [-0.39, 0.29) is 37.4 Å². The van der Waals surface area contributed by atoms with Crippen molar-refractivity contribution in [2.45, 2.75) is 56.3 Å². The molecule has 10 nitrogen and oxygen atoms in total. The van der Waals surface area contributed by atoms with E-state index in [0.717, 1.165) is 0 Å². The summed E-state index contributed by atoms with van der Waals surface area (Å²) in [5, 5.41) is 33.5. The number of methoxy groups -OCH3 is 1. The van der Waals surface area contributed by atoms with E-state index in [1.54, 1.807) is 30.3 Å². The van der Waals surface area contributed by atoms with Crippen LogP contribution in [0.15, 0.2) is 48.0 Å². The van der Waals surface area contributed by atoms with Crippen molar-refractivity contribution < 1.29 is 43.5 Å². The van der Waals surface area contributed by atoms with Crippen molar-refractivity contribution in [3.05, 3.63) is 70.6 Å². The Morgan fingerprint density at radius 2 is 2.02 bits per heavy atom. The summed E-state index contributed by atoms with van der Waals surface area (Å²) in [6, 6.07) is 8.30. The van der Waals surface area contributed by atoms with Gasteiger partial charge in [0.25, 0.3) is 5.91 Å². The van der Waals surface area contributed by atoms with Crippen molar-refractivity contribution in [2.75, 3.05) is 26.9 Å². The van der Waals surface area contributed by atoms with Gasteiger partial charge in [-0.15, -0.1) is 0 Å². The number of rotatable bonds is 9. The first kappa shape index (κ1) is 28.0. The molecule has 0 radical (unpaired) electrons. The molecule has 4 N–H and O–H groups in total. The number of halogens is 1. The monoisotopic (exact) mass is 556 g/mol. The van der Waals surface area contributed by atoms with Crippen LogP contribution in [0.1, 0.15) is 35.4 Å². The number of aliphatic hydroxyl groups excluding tert-OH is 3. The molecule has 2 aromatic carbocycles. The second kappa shape index (κ2) is 11.9. The van der Waals surface area contributed by atoms with Gasteiger partial charge in [-0.2, -0.15) is 0 Å². The highest BCUT2D eigenvalue weighted by Gasteiger charge is 2.52. The number of hydrogen-bond donors (Lipinski definition) is 4. The first-order valence-corrected chi connectivity index (χ1v) is 13.3. The molecule has 1 saturated heterocycles. The predicted molar refractivity (Wildman–Crippen MR) is 140 cm³/mol. The van der Waals surface area contributed by atoms with Crippen molar-refractivity contribution >= 4 is 11.8 Å². The first-order chi connectivity index (χ1) is 19.4. The quantitative estimate of drug-likeness (QED) is 0.361. The summed E-state index contributed by atoms with van der Waals surface area (Å²) in [6.07, 6.45) is -0.376. The molecule has 3 aliphatic rings. The van der Waals surface area contributed by atoms with Crippen molar-refractivity contribution in [1.29, 1.82) is 0 Å². The second-order valence-corrected chi connectivity index (χ2v) is 10.1. The zero-order valence-electron chi connectivity index (χ0n) is 22.1. The van der Waals surface area contributed by atoms with Crippen LogP contribution in [0.3, 0.4) is 0 Å². The molecule has 0 saturated carbocycles. The maximum Gasteiger partial charge on any atom is 0.252 e. The highest BCUT2D eigenvalue weighted by molar-refractivity contribution is 5.96. The van der Waals surface area contributed by atoms with E-state index >= 15 is 0 Å². The summed E-state index contributed by atoms with van der Waals surface area (Å²) >= 11 is 0. The minimum atomic E-state index is -1.31. The minimum Gasteiger partial charge on any atom is -0.493 e. The molecule has 40 heavy (non-hydrogen) atoms. The van der Waals surface area contributed by atoms with Gasteiger partial charge < -0.3 is 39.7 Å². The molecule has 0 spiro atoms. The van der Waals surface area contributed by atoms with Gasteiger partial charge in [0.05, 0.1) is 32.3 Å². The van der Waals surface area contributed by atoms with Gasteiger partial charge in [0.2, 0.25) is 5.91 Å². The lowest BCUT2D eigenvalue weighted by atomic mass is 9.77. The van der Waals surface area contributed by atoms with Crippen LogP contribution in [0.2, 0.25) is 0 Å². The summed E-state index contributed by atoms with van der Waals surface area (Å²) in [6.45, 7) is -0.336. The topological polar surface area (TPSA) is 138 Å². The Bertz CT molecular complexity index is 1290. The zero-order valence-corrected chi connectivity index (χ0v) is 22.1. The Labute approximate surface area is 231 Å². The molecule has 2 aromatic rings. The first-order valence-electron chi connectivity index (χ1n) is 13.3. The Morgan fingerprint density at radius 1 is 1.23 bits per heavy atom. The number of amides is 2. The fourth-order valence-corrected chi connectivity index (χ4v) is 5.72. The molecule has 2 aliphatic heterocycles. The van der Waals surface area contributed by atoms with Gasteiger partial charge in [-0.25, -0.2) is 4.39 Å². The van der Waals surface area contributed by atoms with E-state index in [0.29, 0.717) is 42.1 Å². The normalized spacial score (nSPS) is 24.9. The van der Waals surface area contributed by atoms with Crippen LogP contribution < -0.4 is 14.8 Å². The standard InChI is InChI=1S/C29H33FN2O8/c1-38-23-12-16(15-34)11-18-24-19(28(36)31-8-9-33)13-21(25(35)27(24)40-26(18)23)32(29(37)22-7-4-10-39-22)14-17-5-2-3-6-20(17)30/h2-3,5-6,11-13,21-22,24-25,27,33-35H,4,7-10,14-15H2,1H3,(H,31,36)/t21-,22?,24+,25+,27+/m1/s1. The van der Waals surface area contributed by atoms with Crippen LogP contribution in [0, 0.1) is 5.82 Å². The Kier molecular flexibility index (Phi) is 8.36. The third-order valence-corrected chi connectivity index (χ3v) is 7.64. The molecule has 214 valence electrons. The molecule has 0 bridgehead atoms. The Morgan fingerprint density at radius 3 is 2.70 bits per heavy atom. The van der Waals surface area contributed by atoms with Crippen LogP contribution in [-0.4, -0.2) is 83.3 Å². The number of carbonyl (C=O) groups excluding carboxylic acids is 2. The SMILES string of the molecule is COc1cc(CO)cc2c1O[C@@H]1[C@@H](O)[C@H](N(Cc3ccccc3F)C(=O)C3CCCO3)C=C(C(=O)NCCO)[C@H]21. The van der Waals surface area contributed by atoms with Gasteiger partial charge in [-0.1, -0.05) is 18.2 Å². The highest BCUT2D eigenvalue weighted by atomic mass is 19.1. The molecule has 11 heteroatoms. The maximum absolute atomic E-state index is 14.8. The number of aliphatic hydroxyl groups is 3. The van der Waals surface area contributed by atoms with E-state index in [2.05, 4.69) is 5.32 Å². The van der Waals surface area contributed by atoms with E-state index in [9.17, 15) is 29.3 Å². The molecule has 2 heterocycles. The number of carbonyl (C=O) groups is 2. The van der Waals surface area contributed by atoms with Crippen LogP contribution >= 0.6 is 0 Å². The smallest absolute Gasteiger partial charge is 0.252 e. The second-order valence-electron chi connectivity index (χ2n) is 10.1. The third kappa shape index (κ3) is 5.17. The van der Waals surface area contributed by atoms with Gasteiger partial charge in [0.15, 0.2) is 11.5 Å². The molecule has 5 atom stereocenters. The summed E-state index contributed by atoms with van der Waals surface area (Å²) < 4.78 is 32.1. The van der Waals surface area contributed by atoms with Gasteiger partial charge in [0, 0.05) is 36.4 Å². The minimum absolute atomic E-state index is 0.0116. The average molecular weight is 557 g/mol.